The minimum absolute atomic E-state index is 0.0124. The summed E-state index contributed by atoms with van der Waals surface area (Å²) in [6, 6.07) is -1.14. The Morgan fingerprint density at radius 2 is 1.92 bits per heavy atom. The van der Waals surface area contributed by atoms with Crippen LogP contribution in [0.25, 0.3) is 0 Å². The number of carbonyl (C=O) groups excluding carboxylic acids is 2. The van der Waals surface area contributed by atoms with Gasteiger partial charge in [0.25, 0.3) is 0 Å². The lowest BCUT2D eigenvalue weighted by Crippen LogP contribution is -2.55. The third-order valence-corrected chi connectivity index (χ3v) is 6.08. The highest BCUT2D eigenvalue weighted by atomic mass is 16.5. The number of amides is 1. The van der Waals surface area contributed by atoms with Gasteiger partial charge < -0.3 is 20.9 Å². The minimum Gasteiger partial charge on any atom is -0.480 e. The molecule has 2 fully saturated rings. The van der Waals surface area contributed by atoms with E-state index in [1.54, 1.807) is 0 Å². The summed E-state index contributed by atoms with van der Waals surface area (Å²) in [4.78, 5) is 35.4. The quantitative estimate of drug-likeness (QED) is 0.621. The lowest BCUT2D eigenvalue weighted by molar-refractivity contribution is -0.165. The zero-order valence-corrected chi connectivity index (χ0v) is 15.7. The molecule has 0 aromatic heterocycles. The van der Waals surface area contributed by atoms with Gasteiger partial charge in [-0.05, 0) is 39.0 Å². The van der Waals surface area contributed by atoms with Gasteiger partial charge in [0.15, 0.2) is 0 Å². The lowest BCUT2D eigenvalue weighted by atomic mass is 9.70. The second-order valence-electron chi connectivity index (χ2n) is 9.02. The van der Waals surface area contributed by atoms with Crippen LogP contribution in [-0.2, 0) is 19.1 Å². The fourth-order valence-electron chi connectivity index (χ4n) is 4.46. The molecule has 2 rings (SSSR count). The van der Waals surface area contributed by atoms with Crippen LogP contribution in [0.15, 0.2) is 0 Å². The van der Waals surface area contributed by atoms with Crippen molar-refractivity contribution in [3.63, 3.8) is 0 Å². The van der Waals surface area contributed by atoms with Crippen LogP contribution in [0.1, 0.15) is 60.3 Å². The summed E-state index contributed by atoms with van der Waals surface area (Å²) in [5, 5.41) is 11.4. The van der Waals surface area contributed by atoms with Crippen molar-refractivity contribution < 1.29 is 24.2 Å². The van der Waals surface area contributed by atoms with Gasteiger partial charge >= 0.3 is 11.9 Å². The number of carboxylic acid groups (broad SMARTS) is 1. The van der Waals surface area contributed by atoms with Crippen LogP contribution in [0.2, 0.25) is 0 Å². The first-order valence-electron chi connectivity index (χ1n) is 8.80. The number of rotatable bonds is 6. The predicted octanol–water partition coefficient (Wildman–Crippen LogP) is 1.44. The second kappa shape index (κ2) is 6.27. The van der Waals surface area contributed by atoms with Crippen molar-refractivity contribution in [3.8, 4) is 0 Å². The average Bonchev–Trinajstić information content (AvgIpc) is 2.94. The number of hydrogen-bond acceptors (Lipinski definition) is 5. The van der Waals surface area contributed by atoms with Gasteiger partial charge in [-0.3, -0.25) is 9.59 Å². The van der Waals surface area contributed by atoms with E-state index < -0.39 is 29.4 Å². The Kier molecular flexibility index (Phi) is 4.94. The number of nitrogens with one attached hydrogen (secondary N) is 1. The number of carbonyl (C=O) groups is 3. The summed E-state index contributed by atoms with van der Waals surface area (Å²) in [5.41, 5.74) is 4.23. The minimum atomic E-state index is -1.45. The topological polar surface area (TPSA) is 119 Å². The van der Waals surface area contributed by atoms with Gasteiger partial charge in [0.05, 0.1) is 12.5 Å². The monoisotopic (exact) mass is 354 g/mol. The lowest BCUT2D eigenvalue weighted by Gasteiger charge is -2.41. The number of hydrogen-bond donors (Lipinski definition) is 3. The van der Waals surface area contributed by atoms with Crippen molar-refractivity contribution in [1.82, 2.24) is 5.32 Å². The first-order valence-corrected chi connectivity index (χ1v) is 8.80. The van der Waals surface area contributed by atoms with Crippen LogP contribution in [0.4, 0.5) is 0 Å². The van der Waals surface area contributed by atoms with Gasteiger partial charge in [-0.25, -0.2) is 4.79 Å². The number of aliphatic carboxylic acids is 1. The highest BCUT2D eigenvalue weighted by Gasteiger charge is 2.61. The molecule has 2 bridgehead atoms. The highest BCUT2D eigenvalue weighted by molar-refractivity contribution is 5.91. The Morgan fingerprint density at radius 3 is 2.40 bits per heavy atom. The fourth-order valence-corrected chi connectivity index (χ4v) is 4.46. The van der Waals surface area contributed by atoms with Gasteiger partial charge in [0.2, 0.25) is 5.91 Å². The molecular formula is C18H30N2O5. The van der Waals surface area contributed by atoms with E-state index >= 15 is 0 Å². The molecule has 0 heterocycles. The summed E-state index contributed by atoms with van der Waals surface area (Å²) >= 11 is 0. The van der Waals surface area contributed by atoms with Crippen molar-refractivity contribution >= 4 is 17.8 Å². The van der Waals surface area contributed by atoms with Crippen molar-refractivity contribution in [1.29, 1.82) is 0 Å². The first kappa shape index (κ1) is 19.7. The van der Waals surface area contributed by atoms with Gasteiger partial charge in [-0.1, -0.05) is 20.8 Å². The molecule has 7 nitrogen and oxygen atoms in total. The second-order valence-corrected chi connectivity index (χ2v) is 9.02. The summed E-state index contributed by atoms with van der Waals surface area (Å²) in [5.74, 6) is -1.82. The van der Waals surface area contributed by atoms with Crippen LogP contribution in [0.3, 0.4) is 0 Å². The maximum Gasteiger partial charge on any atom is 0.328 e. The maximum atomic E-state index is 12.3. The Balaban J connectivity index is 1.94. The Morgan fingerprint density at radius 1 is 1.32 bits per heavy atom. The van der Waals surface area contributed by atoms with Crippen LogP contribution in [0, 0.1) is 16.7 Å². The molecule has 4 N–H and O–H groups in total. The molecule has 25 heavy (non-hydrogen) atoms. The largest absolute Gasteiger partial charge is 0.480 e. The van der Waals surface area contributed by atoms with Gasteiger partial charge in [0, 0.05) is 10.8 Å². The van der Waals surface area contributed by atoms with Gasteiger partial charge in [-0.15, -0.1) is 0 Å². The molecule has 2 aliphatic rings. The summed E-state index contributed by atoms with van der Waals surface area (Å²) in [6.07, 6.45) is 2.80. The fraction of sp³-hybridized carbons (Fsp3) is 0.833. The summed E-state index contributed by atoms with van der Waals surface area (Å²) in [6.45, 7) is 9.12. The van der Waals surface area contributed by atoms with Crippen molar-refractivity contribution in [2.24, 2.45) is 22.5 Å². The molecule has 0 saturated heterocycles. The van der Waals surface area contributed by atoms with Crippen LogP contribution >= 0.6 is 0 Å². The van der Waals surface area contributed by atoms with E-state index in [0.717, 1.165) is 19.3 Å². The number of fused-ring (bicyclic) bond motifs is 2. The molecule has 1 amide bonds. The molecule has 0 aliphatic heterocycles. The molecule has 0 spiro atoms. The highest BCUT2D eigenvalue weighted by Crippen LogP contribution is 2.63. The van der Waals surface area contributed by atoms with Crippen molar-refractivity contribution in [3.05, 3.63) is 0 Å². The summed E-state index contributed by atoms with van der Waals surface area (Å²) < 4.78 is 5.75. The predicted molar refractivity (Wildman–Crippen MR) is 91.6 cm³/mol. The van der Waals surface area contributed by atoms with Crippen LogP contribution in [0.5, 0.6) is 0 Å². The molecule has 142 valence electrons. The maximum absolute atomic E-state index is 12.3. The third-order valence-electron chi connectivity index (χ3n) is 6.08. The summed E-state index contributed by atoms with van der Waals surface area (Å²) in [7, 11) is 0. The Bertz CT molecular complexity index is 581. The van der Waals surface area contributed by atoms with E-state index in [1.807, 2.05) is 0 Å². The molecule has 3 unspecified atom stereocenters. The van der Waals surface area contributed by atoms with Gasteiger partial charge in [-0.2, -0.15) is 0 Å². The Hall–Kier alpha value is -1.63. The van der Waals surface area contributed by atoms with Crippen molar-refractivity contribution in [2.45, 2.75) is 78.0 Å². The number of nitrogens with two attached hydrogens (primary N) is 1. The van der Waals surface area contributed by atoms with E-state index in [2.05, 4.69) is 26.1 Å². The molecule has 7 heteroatoms. The molecule has 2 aliphatic carbocycles. The number of esters is 1. The SMILES string of the molecule is CC(C)(NC(=O)[C@@H](N)CC(=O)OC1C2(C)CCC(C2)C1(C)C)C(=O)O. The smallest absolute Gasteiger partial charge is 0.328 e. The molecule has 0 radical (unpaired) electrons. The van der Waals surface area contributed by atoms with E-state index in [-0.39, 0.29) is 23.4 Å². The van der Waals surface area contributed by atoms with Gasteiger partial charge in [0.1, 0.15) is 11.6 Å². The molecular weight excluding hydrogens is 324 g/mol. The molecule has 0 aromatic rings. The Labute approximate surface area is 148 Å². The first-order chi connectivity index (χ1) is 11.3. The van der Waals surface area contributed by atoms with Crippen LogP contribution < -0.4 is 11.1 Å². The van der Waals surface area contributed by atoms with Crippen molar-refractivity contribution in [2.75, 3.05) is 0 Å². The number of carboxylic acids is 1. The zero-order valence-electron chi connectivity index (χ0n) is 15.7. The van der Waals surface area contributed by atoms with E-state index in [4.69, 9.17) is 15.6 Å². The molecule has 2 saturated carbocycles. The zero-order chi connectivity index (χ0) is 19.2. The average molecular weight is 354 g/mol. The third kappa shape index (κ3) is 3.66. The molecule has 0 aromatic carbocycles. The standard InChI is InChI=1S/C18H30N2O5/c1-16(2)10-6-7-18(5,9-10)14(16)25-12(21)8-11(19)13(22)20-17(3,4)15(23)24/h10-11,14H,6-9,19H2,1-5H3,(H,20,22)(H,23,24)/t10?,11-,14?,18?/m0/s1. The van der Waals surface area contributed by atoms with E-state index in [1.165, 1.54) is 13.8 Å². The number of ether oxygens (including phenoxy) is 1. The van der Waals surface area contributed by atoms with E-state index in [0.29, 0.717) is 5.92 Å². The van der Waals surface area contributed by atoms with Crippen LogP contribution in [-0.4, -0.2) is 40.6 Å². The normalized spacial score (nSPS) is 31.4. The molecule has 4 atom stereocenters. The van der Waals surface area contributed by atoms with E-state index in [9.17, 15) is 14.4 Å².